The van der Waals surface area contributed by atoms with E-state index in [1.54, 1.807) is 12.3 Å². The van der Waals surface area contributed by atoms with E-state index in [4.69, 9.17) is 0 Å². The second kappa shape index (κ2) is 4.30. The summed E-state index contributed by atoms with van der Waals surface area (Å²) in [5.41, 5.74) is 2.31. The van der Waals surface area contributed by atoms with Crippen molar-refractivity contribution in [1.29, 1.82) is 0 Å². The number of hydrogen-bond acceptors (Lipinski definition) is 3. The molecular weight excluding hydrogens is 232 g/mol. The lowest BCUT2D eigenvalue weighted by atomic mass is 10.0. The number of hydrogen-bond donors (Lipinski definition) is 0. The van der Waals surface area contributed by atoms with E-state index < -0.39 is 0 Å². The fourth-order valence-electron chi connectivity index (χ4n) is 2.20. The van der Waals surface area contributed by atoms with Crippen LogP contribution in [0.3, 0.4) is 0 Å². The van der Waals surface area contributed by atoms with E-state index >= 15 is 0 Å². The van der Waals surface area contributed by atoms with Gasteiger partial charge < -0.3 is 4.90 Å². The minimum absolute atomic E-state index is 0.0691. The second-order valence-electron chi connectivity index (χ2n) is 4.07. The van der Waals surface area contributed by atoms with E-state index in [0.717, 1.165) is 25.1 Å². The number of carbonyl (C=O) groups excluding carboxylic acids is 1. The molecule has 2 aromatic rings. The molecule has 0 radical (unpaired) electrons. The molecule has 1 aromatic heterocycles. The Morgan fingerprint density at radius 2 is 2.18 bits per heavy atom. The third-order valence-electron chi connectivity index (χ3n) is 3.00. The van der Waals surface area contributed by atoms with Crippen LogP contribution in [0.1, 0.15) is 21.7 Å². The zero-order chi connectivity index (χ0) is 11.7. The molecule has 0 N–H and O–H groups in total. The van der Waals surface area contributed by atoms with Crippen molar-refractivity contribution in [2.45, 2.75) is 12.8 Å². The molecule has 0 spiro atoms. The third-order valence-corrected chi connectivity index (χ3v) is 3.74. The molecule has 2 heterocycles. The average Bonchev–Trinajstić information content (AvgIpc) is 2.91. The Hall–Kier alpha value is -1.68. The van der Waals surface area contributed by atoms with Crippen LogP contribution < -0.4 is 4.90 Å². The number of aryl methyl sites for hydroxylation is 1. The molecular formula is C13H12N2OS. The Bertz CT molecular complexity index is 536. The third kappa shape index (κ3) is 1.85. The summed E-state index contributed by atoms with van der Waals surface area (Å²) >= 11 is 1.26. The van der Waals surface area contributed by atoms with Gasteiger partial charge in [-0.15, -0.1) is 0 Å². The molecule has 1 amide bonds. The van der Waals surface area contributed by atoms with Gasteiger partial charge in [-0.1, -0.05) is 18.2 Å². The smallest absolute Gasteiger partial charge is 0.269 e. The van der Waals surface area contributed by atoms with Crippen molar-refractivity contribution in [2.75, 3.05) is 11.4 Å². The SMILES string of the molecule is O=C(c1ccns1)N1CCCc2ccccc21. The number of fused-ring (bicyclic) bond motifs is 1. The highest BCUT2D eigenvalue weighted by atomic mass is 32.1. The Kier molecular flexibility index (Phi) is 2.65. The van der Waals surface area contributed by atoms with E-state index in [1.165, 1.54) is 17.1 Å². The Labute approximate surface area is 104 Å². The Morgan fingerprint density at radius 3 is 3.00 bits per heavy atom. The van der Waals surface area contributed by atoms with Crippen LogP contribution in [0, 0.1) is 0 Å². The molecule has 1 aromatic carbocycles. The first kappa shape index (κ1) is 10.5. The minimum atomic E-state index is 0.0691. The molecule has 4 heteroatoms. The van der Waals surface area contributed by atoms with Gasteiger partial charge in [-0.2, -0.15) is 0 Å². The molecule has 0 saturated carbocycles. The van der Waals surface area contributed by atoms with Crippen molar-refractivity contribution < 1.29 is 4.79 Å². The van der Waals surface area contributed by atoms with Gasteiger partial charge in [-0.05, 0) is 42.1 Å². The maximum Gasteiger partial charge on any atom is 0.269 e. The number of aromatic nitrogens is 1. The Morgan fingerprint density at radius 1 is 1.29 bits per heavy atom. The van der Waals surface area contributed by atoms with Gasteiger partial charge in [-0.25, -0.2) is 4.37 Å². The molecule has 17 heavy (non-hydrogen) atoms. The highest BCUT2D eigenvalue weighted by Gasteiger charge is 2.23. The summed E-state index contributed by atoms with van der Waals surface area (Å²) in [4.78, 5) is 14.9. The topological polar surface area (TPSA) is 33.2 Å². The minimum Gasteiger partial charge on any atom is -0.307 e. The van der Waals surface area contributed by atoms with E-state index in [1.807, 2.05) is 23.1 Å². The highest BCUT2D eigenvalue weighted by molar-refractivity contribution is 7.08. The predicted octanol–water partition coefficient (Wildman–Crippen LogP) is 2.74. The van der Waals surface area contributed by atoms with E-state index in [2.05, 4.69) is 10.4 Å². The number of nitrogens with zero attached hydrogens (tertiary/aromatic N) is 2. The van der Waals surface area contributed by atoms with Crippen LogP contribution in [0.2, 0.25) is 0 Å². The lowest BCUT2D eigenvalue weighted by molar-refractivity contribution is 0.0989. The molecule has 0 aliphatic carbocycles. The first-order valence-corrected chi connectivity index (χ1v) is 6.44. The summed E-state index contributed by atoms with van der Waals surface area (Å²) in [5.74, 6) is 0.0691. The molecule has 0 fully saturated rings. The largest absolute Gasteiger partial charge is 0.307 e. The summed E-state index contributed by atoms with van der Waals surface area (Å²) in [6.07, 6.45) is 3.76. The first-order chi connectivity index (χ1) is 8.36. The van der Waals surface area contributed by atoms with E-state index in [0.29, 0.717) is 4.88 Å². The van der Waals surface area contributed by atoms with Crippen LogP contribution >= 0.6 is 11.5 Å². The molecule has 1 aliphatic rings. The predicted molar refractivity (Wildman–Crippen MR) is 68.6 cm³/mol. The standard InChI is InChI=1S/C13H12N2OS/c16-13(12-7-8-14-17-12)15-9-3-5-10-4-1-2-6-11(10)15/h1-2,4,6-8H,3,5,9H2. The van der Waals surface area contributed by atoms with Crippen molar-refractivity contribution in [3.8, 4) is 0 Å². The van der Waals surface area contributed by atoms with Gasteiger partial charge in [0.15, 0.2) is 0 Å². The number of rotatable bonds is 1. The number of benzene rings is 1. The van der Waals surface area contributed by atoms with Crippen LogP contribution in [0.15, 0.2) is 36.5 Å². The fourth-order valence-corrected chi connectivity index (χ4v) is 2.75. The molecule has 3 rings (SSSR count). The molecule has 3 nitrogen and oxygen atoms in total. The summed E-state index contributed by atoms with van der Waals surface area (Å²) in [6, 6.07) is 9.91. The van der Waals surface area contributed by atoms with Crippen molar-refractivity contribution >= 4 is 23.1 Å². The maximum absolute atomic E-state index is 12.3. The quantitative estimate of drug-likeness (QED) is 0.772. The van der Waals surface area contributed by atoms with Gasteiger partial charge in [-0.3, -0.25) is 4.79 Å². The van der Waals surface area contributed by atoms with Crippen LogP contribution in [0.25, 0.3) is 0 Å². The van der Waals surface area contributed by atoms with Crippen molar-refractivity contribution in [2.24, 2.45) is 0 Å². The maximum atomic E-state index is 12.3. The summed E-state index contributed by atoms with van der Waals surface area (Å²) in [5, 5.41) is 0. The van der Waals surface area contributed by atoms with Crippen LogP contribution in [0.5, 0.6) is 0 Å². The van der Waals surface area contributed by atoms with E-state index in [-0.39, 0.29) is 5.91 Å². The monoisotopic (exact) mass is 244 g/mol. The molecule has 0 bridgehead atoms. The normalized spacial score (nSPS) is 14.5. The summed E-state index contributed by atoms with van der Waals surface area (Å²) < 4.78 is 3.99. The molecule has 1 aliphatic heterocycles. The van der Waals surface area contributed by atoms with Crippen molar-refractivity contribution in [3.05, 3.63) is 47.0 Å². The van der Waals surface area contributed by atoms with Crippen molar-refractivity contribution in [3.63, 3.8) is 0 Å². The molecule has 86 valence electrons. The molecule has 0 atom stereocenters. The van der Waals surface area contributed by atoms with Gasteiger partial charge in [0.2, 0.25) is 0 Å². The van der Waals surface area contributed by atoms with Gasteiger partial charge in [0.05, 0.1) is 0 Å². The van der Waals surface area contributed by atoms with Crippen LogP contribution in [-0.4, -0.2) is 16.8 Å². The summed E-state index contributed by atoms with van der Waals surface area (Å²) in [6.45, 7) is 0.799. The molecule has 0 unspecified atom stereocenters. The lowest BCUT2D eigenvalue weighted by Gasteiger charge is -2.28. The van der Waals surface area contributed by atoms with Crippen molar-refractivity contribution in [1.82, 2.24) is 4.37 Å². The zero-order valence-corrected chi connectivity index (χ0v) is 10.1. The summed E-state index contributed by atoms with van der Waals surface area (Å²) in [7, 11) is 0. The van der Waals surface area contributed by atoms with Crippen LogP contribution in [0.4, 0.5) is 5.69 Å². The first-order valence-electron chi connectivity index (χ1n) is 5.67. The van der Waals surface area contributed by atoms with E-state index in [9.17, 15) is 4.79 Å². The zero-order valence-electron chi connectivity index (χ0n) is 9.30. The van der Waals surface area contributed by atoms with Crippen LogP contribution in [-0.2, 0) is 6.42 Å². The number of carbonyl (C=O) groups is 1. The van der Waals surface area contributed by atoms with Gasteiger partial charge in [0.1, 0.15) is 4.88 Å². The Balaban J connectivity index is 1.98. The van der Waals surface area contributed by atoms with Gasteiger partial charge >= 0.3 is 0 Å². The average molecular weight is 244 g/mol. The van der Waals surface area contributed by atoms with Gasteiger partial charge in [0, 0.05) is 18.4 Å². The second-order valence-corrected chi connectivity index (χ2v) is 4.90. The lowest BCUT2D eigenvalue weighted by Crippen LogP contribution is -2.34. The van der Waals surface area contributed by atoms with Gasteiger partial charge in [0.25, 0.3) is 5.91 Å². The highest BCUT2D eigenvalue weighted by Crippen LogP contribution is 2.28. The number of para-hydroxylation sites is 1. The number of amides is 1. The number of anilines is 1. The molecule has 0 saturated heterocycles. The fraction of sp³-hybridized carbons (Fsp3) is 0.231.